The van der Waals surface area contributed by atoms with Gasteiger partial charge in [0.15, 0.2) is 0 Å². The topological polar surface area (TPSA) is 62.2 Å². The fourth-order valence-corrected chi connectivity index (χ4v) is 2.32. The number of hydrogen-bond acceptors (Lipinski definition) is 4. The Kier molecular flexibility index (Phi) is 6.51. The molecule has 0 bridgehead atoms. The monoisotopic (exact) mass is 281 g/mol. The lowest BCUT2D eigenvalue weighted by Gasteiger charge is -2.25. The molecule has 1 aromatic heterocycles. The molecule has 2 N–H and O–H groups in total. The van der Waals surface area contributed by atoms with Gasteiger partial charge in [0, 0.05) is 32.7 Å². The van der Waals surface area contributed by atoms with Gasteiger partial charge in [0.05, 0.1) is 12.2 Å². The first-order chi connectivity index (χ1) is 9.54. The van der Waals surface area contributed by atoms with Crippen LogP contribution in [0.3, 0.4) is 0 Å². The third kappa shape index (κ3) is 3.96. The second kappa shape index (κ2) is 7.89. The van der Waals surface area contributed by atoms with E-state index in [1.807, 2.05) is 18.7 Å². The summed E-state index contributed by atoms with van der Waals surface area (Å²) in [5.74, 6) is 1.06. The lowest BCUT2D eigenvalue weighted by atomic mass is 10.2. The van der Waals surface area contributed by atoms with Gasteiger partial charge in [-0.15, -0.1) is 0 Å². The highest BCUT2D eigenvalue weighted by Crippen LogP contribution is 2.23. The third-order valence-electron chi connectivity index (χ3n) is 3.27. The van der Waals surface area contributed by atoms with Crippen LogP contribution >= 0.6 is 0 Å². The van der Waals surface area contributed by atoms with Gasteiger partial charge in [0.25, 0.3) is 0 Å². The minimum absolute atomic E-state index is 0.0201. The van der Waals surface area contributed by atoms with Gasteiger partial charge in [-0.2, -0.15) is 5.10 Å². The number of nitrogens with zero attached hydrogens (tertiary/aromatic N) is 3. The van der Waals surface area contributed by atoms with Crippen molar-refractivity contribution in [1.29, 1.82) is 0 Å². The fourth-order valence-electron chi connectivity index (χ4n) is 2.32. The molecule has 0 saturated heterocycles. The molecule has 0 spiro atoms. The van der Waals surface area contributed by atoms with Crippen LogP contribution in [0.1, 0.15) is 31.5 Å². The summed E-state index contributed by atoms with van der Waals surface area (Å²) in [4.78, 5) is 13.8. The molecule has 0 radical (unpaired) electrons. The first-order valence-corrected chi connectivity index (χ1v) is 7.23. The number of anilines is 1. The zero-order valence-electron chi connectivity index (χ0n) is 13.3. The molecule has 20 heavy (non-hydrogen) atoms. The number of rotatable bonds is 8. The molecular weight excluding hydrogens is 254 g/mol. The van der Waals surface area contributed by atoms with Gasteiger partial charge < -0.3 is 15.5 Å². The minimum Gasteiger partial charge on any atom is -0.358 e. The Morgan fingerprint density at radius 1 is 1.40 bits per heavy atom. The summed E-state index contributed by atoms with van der Waals surface area (Å²) >= 11 is 0. The zero-order chi connectivity index (χ0) is 15.1. The van der Waals surface area contributed by atoms with Crippen LogP contribution in [0.15, 0.2) is 0 Å². The van der Waals surface area contributed by atoms with Crippen molar-refractivity contribution in [2.45, 2.75) is 33.7 Å². The number of hydrogen-bond donors (Lipinski definition) is 2. The van der Waals surface area contributed by atoms with Crippen LogP contribution in [0.2, 0.25) is 0 Å². The van der Waals surface area contributed by atoms with Crippen LogP contribution in [0.25, 0.3) is 0 Å². The highest BCUT2D eigenvalue weighted by Gasteiger charge is 2.20. The van der Waals surface area contributed by atoms with Crippen molar-refractivity contribution >= 4 is 11.7 Å². The molecule has 1 aromatic rings. The van der Waals surface area contributed by atoms with Crippen molar-refractivity contribution in [3.8, 4) is 0 Å². The van der Waals surface area contributed by atoms with Crippen LogP contribution in [0, 0.1) is 6.92 Å². The molecule has 0 aliphatic carbocycles. The van der Waals surface area contributed by atoms with E-state index in [0.29, 0.717) is 6.54 Å². The quantitative estimate of drug-likeness (QED) is 0.740. The molecule has 1 rings (SSSR count). The standard InChI is InChI=1S/C14H27N5O/c1-6-8-19(10-13(20)15-4)14-12(9-16-7-2)11(3)17-18(14)5/h16H,6-10H2,1-5H3,(H,15,20). The molecule has 0 aliphatic heterocycles. The van der Waals surface area contributed by atoms with E-state index in [0.717, 1.165) is 37.6 Å². The molecule has 114 valence electrons. The number of carbonyl (C=O) groups is 1. The van der Waals surface area contributed by atoms with E-state index in [2.05, 4.69) is 34.5 Å². The van der Waals surface area contributed by atoms with Crippen LogP contribution in [-0.2, 0) is 18.4 Å². The van der Waals surface area contributed by atoms with Gasteiger partial charge in [-0.05, 0) is 19.9 Å². The second-order valence-electron chi connectivity index (χ2n) is 4.89. The Hall–Kier alpha value is -1.56. The first kappa shape index (κ1) is 16.5. The average molecular weight is 281 g/mol. The molecule has 6 heteroatoms. The highest BCUT2D eigenvalue weighted by molar-refractivity contribution is 5.81. The third-order valence-corrected chi connectivity index (χ3v) is 3.27. The minimum atomic E-state index is 0.0201. The molecule has 0 unspecified atom stereocenters. The van der Waals surface area contributed by atoms with E-state index in [1.165, 1.54) is 5.56 Å². The van der Waals surface area contributed by atoms with Crippen LogP contribution in [0.4, 0.5) is 5.82 Å². The summed E-state index contributed by atoms with van der Waals surface area (Å²) in [6.07, 6.45) is 0.988. The van der Waals surface area contributed by atoms with E-state index >= 15 is 0 Å². The van der Waals surface area contributed by atoms with Gasteiger partial charge in [0.1, 0.15) is 5.82 Å². The van der Waals surface area contributed by atoms with Crippen molar-refractivity contribution in [2.75, 3.05) is 31.6 Å². The van der Waals surface area contributed by atoms with Gasteiger partial charge >= 0.3 is 0 Å². The summed E-state index contributed by atoms with van der Waals surface area (Å²) in [5.41, 5.74) is 2.19. The Labute approximate surface area is 121 Å². The van der Waals surface area contributed by atoms with Crippen molar-refractivity contribution in [3.05, 3.63) is 11.3 Å². The molecule has 1 heterocycles. The highest BCUT2D eigenvalue weighted by atomic mass is 16.1. The van der Waals surface area contributed by atoms with Gasteiger partial charge in [-0.3, -0.25) is 9.48 Å². The number of nitrogens with one attached hydrogen (secondary N) is 2. The Bertz CT molecular complexity index is 441. The maximum Gasteiger partial charge on any atom is 0.239 e. The lowest BCUT2D eigenvalue weighted by Crippen LogP contribution is -2.37. The molecule has 0 aromatic carbocycles. The molecular formula is C14H27N5O. The summed E-state index contributed by atoms with van der Waals surface area (Å²) in [6, 6.07) is 0. The van der Waals surface area contributed by atoms with Crippen LogP contribution < -0.4 is 15.5 Å². The Morgan fingerprint density at radius 2 is 2.10 bits per heavy atom. The normalized spacial score (nSPS) is 10.7. The molecule has 6 nitrogen and oxygen atoms in total. The molecule has 0 fully saturated rings. The van der Waals surface area contributed by atoms with Crippen molar-refractivity contribution in [1.82, 2.24) is 20.4 Å². The number of likely N-dealkylation sites (N-methyl/N-ethyl adjacent to an activating group) is 1. The average Bonchev–Trinajstić information content (AvgIpc) is 2.69. The lowest BCUT2D eigenvalue weighted by molar-refractivity contribution is -0.119. The summed E-state index contributed by atoms with van der Waals surface area (Å²) < 4.78 is 1.88. The van der Waals surface area contributed by atoms with Crippen LogP contribution in [-0.4, -0.2) is 42.4 Å². The number of aryl methyl sites for hydroxylation is 2. The van der Waals surface area contributed by atoms with E-state index < -0.39 is 0 Å². The van der Waals surface area contributed by atoms with Crippen LogP contribution in [0.5, 0.6) is 0 Å². The van der Waals surface area contributed by atoms with Crippen molar-refractivity contribution in [3.63, 3.8) is 0 Å². The Morgan fingerprint density at radius 3 is 2.65 bits per heavy atom. The van der Waals surface area contributed by atoms with E-state index in [4.69, 9.17) is 0 Å². The Balaban J connectivity index is 3.07. The largest absolute Gasteiger partial charge is 0.358 e. The number of carbonyl (C=O) groups excluding carboxylic acids is 1. The van der Waals surface area contributed by atoms with Gasteiger partial charge in [-0.1, -0.05) is 13.8 Å². The summed E-state index contributed by atoms with van der Waals surface area (Å²) in [6.45, 7) is 9.11. The smallest absolute Gasteiger partial charge is 0.239 e. The molecule has 0 saturated carbocycles. The predicted octanol–water partition coefficient (Wildman–Crippen LogP) is 0.800. The number of aromatic nitrogens is 2. The maximum atomic E-state index is 11.7. The van der Waals surface area contributed by atoms with Crippen molar-refractivity contribution < 1.29 is 4.79 Å². The summed E-state index contributed by atoms with van der Waals surface area (Å²) in [5, 5.41) is 10.5. The predicted molar refractivity (Wildman–Crippen MR) is 81.9 cm³/mol. The fraction of sp³-hybridized carbons (Fsp3) is 0.714. The SMILES string of the molecule is CCCN(CC(=O)NC)c1c(CNCC)c(C)nn1C. The van der Waals surface area contributed by atoms with Gasteiger partial charge in [0.2, 0.25) is 5.91 Å². The zero-order valence-corrected chi connectivity index (χ0v) is 13.3. The van der Waals surface area contributed by atoms with E-state index in [-0.39, 0.29) is 5.91 Å². The van der Waals surface area contributed by atoms with E-state index in [1.54, 1.807) is 7.05 Å². The molecule has 0 aliphatic rings. The summed E-state index contributed by atoms with van der Waals surface area (Å²) in [7, 11) is 3.60. The first-order valence-electron chi connectivity index (χ1n) is 7.23. The molecule has 1 amide bonds. The van der Waals surface area contributed by atoms with Crippen molar-refractivity contribution in [2.24, 2.45) is 7.05 Å². The van der Waals surface area contributed by atoms with E-state index in [9.17, 15) is 4.79 Å². The second-order valence-corrected chi connectivity index (χ2v) is 4.89. The number of amides is 1. The van der Waals surface area contributed by atoms with Gasteiger partial charge in [-0.25, -0.2) is 0 Å². The maximum absolute atomic E-state index is 11.7. The molecule has 0 atom stereocenters.